The first kappa shape index (κ1) is 25.3. The van der Waals surface area contributed by atoms with Gasteiger partial charge in [0.2, 0.25) is 12.2 Å². The van der Waals surface area contributed by atoms with E-state index in [1.807, 2.05) is 0 Å². The minimum Gasteiger partial charge on any atom is -0.488 e. The number of piperazine rings is 2. The van der Waals surface area contributed by atoms with Crippen LogP contribution < -0.4 is 9.64 Å². The van der Waals surface area contributed by atoms with Crippen molar-refractivity contribution in [2.24, 2.45) is 0 Å². The summed E-state index contributed by atoms with van der Waals surface area (Å²) in [5.41, 5.74) is -0.626. The standard InChI is InChI=1S/C22H33ClFN5O4/c1-15-11-26(5)6-9-29(15)18-10-17(19(24)20(23)25-18)32-13-16-12-27(7-8-28(16)14-30)21(31)33-22(2,3)4/h10,14-16H,6-9,11-13H2,1-5H3/t15-,16+/m0/s1. The molecule has 0 bridgehead atoms. The number of halogens is 2. The van der Waals surface area contributed by atoms with Crippen LogP contribution in [0.2, 0.25) is 5.15 Å². The number of likely N-dealkylation sites (N-methyl/N-ethyl adjacent to an activating group) is 1. The van der Waals surface area contributed by atoms with Gasteiger partial charge in [-0.25, -0.2) is 9.78 Å². The molecule has 11 heteroatoms. The summed E-state index contributed by atoms with van der Waals surface area (Å²) < 4.78 is 25.9. The van der Waals surface area contributed by atoms with Crippen molar-refractivity contribution < 1.29 is 23.5 Å². The molecule has 33 heavy (non-hydrogen) atoms. The van der Waals surface area contributed by atoms with Crippen molar-refractivity contribution in [3.05, 3.63) is 17.0 Å². The lowest BCUT2D eigenvalue weighted by atomic mass is 10.2. The molecule has 0 unspecified atom stereocenters. The molecule has 3 rings (SSSR count). The molecule has 2 fully saturated rings. The molecule has 0 saturated carbocycles. The average molecular weight is 486 g/mol. The molecule has 0 N–H and O–H groups in total. The summed E-state index contributed by atoms with van der Waals surface area (Å²) in [6.07, 6.45) is 0.260. The molecule has 0 spiro atoms. The lowest BCUT2D eigenvalue weighted by Gasteiger charge is -2.40. The monoisotopic (exact) mass is 485 g/mol. The lowest BCUT2D eigenvalue weighted by Crippen LogP contribution is -2.56. The van der Waals surface area contributed by atoms with Gasteiger partial charge < -0.3 is 29.1 Å². The van der Waals surface area contributed by atoms with Gasteiger partial charge in [-0.05, 0) is 34.7 Å². The largest absolute Gasteiger partial charge is 0.488 e. The van der Waals surface area contributed by atoms with Crippen LogP contribution in [0.15, 0.2) is 6.07 Å². The van der Waals surface area contributed by atoms with Gasteiger partial charge in [0.25, 0.3) is 0 Å². The second kappa shape index (κ2) is 10.3. The Balaban J connectivity index is 1.72. The molecule has 2 saturated heterocycles. The smallest absolute Gasteiger partial charge is 0.410 e. The molecule has 0 aromatic carbocycles. The van der Waals surface area contributed by atoms with E-state index in [0.29, 0.717) is 25.3 Å². The van der Waals surface area contributed by atoms with Gasteiger partial charge >= 0.3 is 6.09 Å². The Morgan fingerprint density at radius 2 is 2.00 bits per heavy atom. The number of hydrogen-bond acceptors (Lipinski definition) is 7. The molecule has 2 aliphatic heterocycles. The third kappa shape index (κ3) is 6.38. The van der Waals surface area contributed by atoms with Crippen LogP contribution in [0, 0.1) is 5.82 Å². The van der Waals surface area contributed by atoms with Crippen LogP contribution in [0.3, 0.4) is 0 Å². The van der Waals surface area contributed by atoms with Gasteiger partial charge in [-0.2, -0.15) is 4.39 Å². The highest BCUT2D eigenvalue weighted by Crippen LogP contribution is 2.30. The first-order chi connectivity index (χ1) is 15.5. The highest BCUT2D eigenvalue weighted by atomic mass is 35.5. The second-order valence-corrected chi connectivity index (χ2v) is 9.98. The Kier molecular flexibility index (Phi) is 7.89. The molecule has 2 atom stereocenters. The van der Waals surface area contributed by atoms with E-state index in [4.69, 9.17) is 21.1 Å². The van der Waals surface area contributed by atoms with E-state index >= 15 is 0 Å². The van der Waals surface area contributed by atoms with Crippen molar-refractivity contribution in [1.82, 2.24) is 19.7 Å². The molecule has 0 aliphatic carbocycles. The van der Waals surface area contributed by atoms with E-state index in [2.05, 4.69) is 28.8 Å². The van der Waals surface area contributed by atoms with Crippen LogP contribution in [0.25, 0.3) is 0 Å². The zero-order valence-corrected chi connectivity index (χ0v) is 20.6. The third-order valence-electron chi connectivity index (χ3n) is 5.74. The third-order valence-corrected chi connectivity index (χ3v) is 5.99. The van der Waals surface area contributed by atoms with E-state index in [1.54, 1.807) is 31.7 Å². The number of amides is 2. The van der Waals surface area contributed by atoms with Crippen molar-refractivity contribution in [2.45, 2.75) is 45.4 Å². The summed E-state index contributed by atoms with van der Waals surface area (Å²) in [7, 11) is 2.05. The number of hydrogen-bond donors (Lipinski definition) is 0. The molecular formula is C22H33ClFN5O4. The number of carbonyl (C=O) groups is 2. The van der Waals surface area contributed by atoms with Gasteiger partial charge in [-0.3, -0.25) is 4.79 Å². The summed E-state index contributed by atoms with van der Waals surface area (Å²) in [4.78, 5) is 35.6. The zero-order chi connectivity index (χ0) is 24.3. The summed E-state index contributed by atoms with van der Waals surface area (Å²) in [6.45, 7) is 10.8. The fraction of sp³-hybridized carbons (Fsp3) is 0.682. The van der Waals surface area contributed by atoms with Crippen LogP contribution in [0.1, 0.15) is 27.7 Å². The van der Waals surface area contributed by atoms with Crippen molar-refractivity contribution >= 4 is 29.9 Å². The Bertz CT molecular complexity index is 868. The van der Waals surface area contributed by atoms with Gasteiger partial charge in [0, 0.05) is 51.4 Å². The van der Waals surface area contributed by atoms with Crippen LogP contribution in [0.4, 0.5) is 15.0 Å². The number of aromatic nitrogens is 1. The van der Waals surface area contributed by atoms with Gasteiger partial charge in [-0.1, -0.05) is 11.6 Å². The van der Waals surface area contributed by atoms with E-state index < -0.39 is 23.6 Å². The fourth-order valence-electron chi connectivity index (χ4n) is 4.03. The molecule has 1 aromatic heterocycles. The van der Waals surface area contributed by atoms with E-state index in [9.17, 15) is 14.0 Å². The summed E-state index contributed by atoms with van der Waals surface area (Å²) in [5.74, 6) is -0.237. The van der Waals surface area contributed by atoms with Crippen LogP contribution in [-0.4, -0.2) is 103 Å². The first-order valence-electron chi connectivity index (χ1n) is 11.1. The van der Waals surface area contributed by atoms with E-state index in [1.165, 1.54) is 4.90 Å². The summed E-state index contributed by atoms with van der Waals surface area (Å²) in [5, 5.41) is -0.264. The van der Waals surface area contributed by atoms with Crippen molar-refractivity contribution in [3.8, 4) is 5.75 Å². The first-order valence-corrected chi connectivity index (χ1v) is 11.5. The summed E-state index contributed by atoms with van der Waals surface area (Å²) in [6, 6.07) is 1.26. The fourth-order valence-corrected chi connectivity index (χ4v) is 4.21. The number of carbonyl (C=O) groups excluding carboxylic acids is 2. The molecule has 0 radical (unpaired) electrons. The Morgan fingerprint density at radius 1 is 1.27 bits per heavy atom. The van der Waals surface area contributed by atoms with Gasteiger partial charge in [0.15, 0.2) is 10.9 Å². The molecule has 2 amide bonds. The number of pyridine rings is 1. The molecule has 9 nitrogen and oxygen atoms in total. The van der Waals surface area contributed by atoms with Gasteiger partial charge in [0.05, 0.1) is 6.04 Å². The predicted octanol–water partition coefficient (Wildman–Crippen LogP) is 2.47. The maximum Gasteiger partial charge on any atom is 0.410 e. The quantitative estimate of drug-likeness (QED) is 0.468. The molecule has 3 heterocycles. The Morgan fingerprint density at radius 3 is 2.64 bits per heavy atom. The van der Waals surface area contributed by atoms with Crippen molar-refractivity contribution in [2.75, 3.05) is 57.8 Å². The number of rotatable bonds is 5. The Hall–Kier alpha value is -2.33. The highest BCUT2D eigenvalue weighted by Gasteiger charge is 2.32. The maximum atomic E-state index is 14.7. The zero-order valence-electron chi connectivity index (χ0n) is 19.9. The minimum absolute atomic E-state index is 0.00691. The molecule has 1 aromatic rings. The SMILES string of the molecule is C[C@H]1CN(C)CCN1c1cc(OC[C@H]2CN(C(=O)OC(C)(C)C)CCN2C=O)c(F)c(Cl)n1. The van der Waals surface area contributed by atoms with Gasteiger partial charge in [-0.15, -0.1) is 0 Å². The van der Waals surface area contributed by atoms with Gasteiger partial charge in [0.1, 0.15) is 18.0 Å². The topological polar surface area (TPSA) is 78.5 Å². The molecule has 184 valence electrons. The average Bonchev–Trinajstić information content (AvgIpc) is 2.73. The van der Waals surface area contributed by atoms with E-state index in [-0.39, 0.29) is 30.1 Å². The molecule has 2 aliphatic rings. The van der Waals surface area contributed by atoms with E-state index in [0.717, 1.165) is 19.6 Å². The number of anilines is 1. The second-order valence-electron chi connectivity index (χ2n) is 9.62. The normalized spacial score (nSPS) is 22.3. The number of nitrogens with zero attached hydrogens (tertiary/aromatic N) is 5. The maximum absolute atomic E-state index is 14.7. The highest BCUT2D eigenvalue weighted by molar-refractivity contribution is 6.29. The van der Waals surface area contributed by atoms with Crippen molar-refractivity contribution in [1.29, 1.82) is 0 Å². The van der Waals surface area contributed by atoms with Crippen LogP contribution >= 0.6 is 11.6 Å². The van der Waals surface area contributed by atoms with Crippen LogP contribution in [-0.2, 0) is 9.53 Å². The summed E-state index contributed by atoms with van der Waals surface area (Å²) >= 11 is 6.08. The molecular weight excluding hydrogens is 453 g/mol. The predicted molar refractivity (Wildman–Crippen MR) is 123 cm³/mol. The lowest BCUT2D eigenvalue weighted by molar-refractivity contribution is -0.123. The Labute approximate surface area is 199 Å². The number of ether oxygens (including phenoxy) is 2. The van der Waals surface area contributed by atoms with Crippen molar-refractivity contribution in [3.63, 3.8) is 0 Å². The van der Waals surface area contributed by atoms with Crippen LogP contribution in [0.5, 0.6) is 5.75 Å². The minimum atomic E-state index is -0.750.